The molecule has 0 aliphatic rings. The van der Waals surface area contributed by atoms with Gasteiger partial charge in [-0.05, 0) is 6.92 Å². The molecular formula is C8H10F2N2O2S. The van der Waals surface area contributed by atoms with E-state index in [1.165, 1.54) is 7.11 Å². The van der Waals surface area contributed by atoms with Gasteiger partial charge in [0.2, 0.25) is 0 Å². The van der Waals surface area contributed by atoms with E-state index in [1.807, 2.05) is 0 Å². The second-order valence-corrected chi connectivity index (χ2v) is 4.17. The predicted molar refractivity (Wildman–Crippen MR) is 52.2 cm³/mol. The highest BCUT2D eigenvalue weighted by atomic mass is 32.1. The summed E-state index contributed by atoms with van der Waals surface area (Å²) in [7, 11) is 1.18. The lowest BCUT2D eigenvalue weighted by molar-refractivity contribution is 0.0224. The number of hydrogen-bond acceptors (Lipinski definition) is 5. The van der Waals surface area contributed by atoms with E-state index >= 15 is 0 Å². The molecule has 0 amide bonds. The van der Waals surface area contributed by atoms with Crippen molar-refractivity contribution in [3.05, 3.63) is 10.7 Å². The molecule has 7 heteroatoms. The number of hydrogen-bond donors (Lipinski definition) is 1. The number of halogens is 2. The third-order valence-electron chi connectivity index (χ3n) is 1.54. The number of thiazole rings is 1. The molecular weight excluding hydrogens is 226 g/mol. The van der Waals surface area contributed by atoms with E-state index in [0.717, 1.165) is 18.3 Å². The van der Waals surface area contributed by atoms with Gasteiger partial charge in [-0.3, -0.25) is 0 Å². The number of nitrogen functional groups attached to an aromatic ring is 1. The Morgan fingerprint density at radius 2 is 2.27 bits per heavy atom. The van der Waals surface area contributed by atoms with Crippen LogP contribution in [0.15, 0.2) is 0 Å². The molecule has 0 aliphatic carbocycles. The Kier molecular flexibility index (Phi) is 3.23. The molecule has 0 bridgehead atoms. The van der Waals surface area contributed by atoms with Crippen molar-refractivity contribution in [1.29, 1.82) is 0 Å². The molecule has 0 saturated heterocycles. The molecule has 4 nitrogen and oxygen atoms in total. The summed E-state index contributed by atoms with van der Waals surface area (Å²) in [6, 6.07) is 0. The van der Waals surface area contributed by atoms with Gasteiger partial charge in [-0.15, -0.1) is 11.3 Å². The van der Waals surface area contributed by atoms with Gasteiger partial charge < -0.3 is 10.5 Å². The van der Waals surface area contributed by atoms with E-state index in [0.29, 0.717) is 0 Å². The van der Waals surface area contributed by atoms with Gasteiger partial charge in [-0.2, -0.15) is 0 Å². The molecule has 1 heterocycles. The van der Waals surface area contributed by atoms with Gasteiger partial charge in [0.05, 0.1) is 13.5 Å². The Hall–Kier alpha value is -1.24. The normalized spacial score (nSPS) is 11.5. The molecule has 0 spiro atoms. The number of ether oxygens (including phenoxy) is 1. The maximum Gasteiger partial charge on any atom is 0.359 e. The summed E-state index contributed by atoms with van der Waals surface area (Å²) in [4.78, 5) is 14.8. The van der Waals surface area contributed by atoms with Crippen LogP contribution < -0.4 is 5.73 Å². The van der Waals surface area contributed by atoms with E-state index in [9.17, 15) is 13.6 Å². The van der Waals surface area contributed by atoms with Gasteiger partial charge in [-0.25, -0.2) is 18.6 Å². The van der Waals surface area contributed by atoms with Crippen molar-refractivity contribution in [2.75, 3.05) is 12.8 Å². The Balaban J connectivity index is 2.91. The fraction of sp³-hybridized carbons (Fsp3) is 0.500. The molecule has 0 atom stereocenters. The smallest absolute Gasteiger partial charge is 0.359 e. The highest BCUT2D eigenvalue weighted by molar-refractivity contribution is 7.15. The van der Waals surface area contributed by atoms with Gasteiger partial charge >= 0.3 is 5.97 Å². The number of anilines is 1. The second kappa shape index (κ2) is 4.09. The number of carbonyl (C=O) groups is 1. The monoisotopic (exact) mass is 236 g/mol. The summed E-state index contributed by atoms with van der Waals surface area (Å²) in [5, 5.41) is 0.224. The van der Waals surface area contributed by atoms with Crippen LogP contribution in [0.5, 0.6) is 0 Å². The second-order valence-electron chi connectivity index (χ2n) is 3.06. The quantitative estimate of drug-likeness (QED) is 0.811. The molecule has 1 aromatic heterocycles. The molecule has 2 N–H and O–H groups in total. The zero-order valence-corrected chi connectivity index (χ0v) is 9.03. The molecule has 0 radical (unpaired) electrons. The maximum atomic E-state index is 12.6. The molecule has 84 valence electrons. The Morgan fingerprint density at radius 3 is 2.73 bits per heavy atom. The van der Waals surface area contributed by atoms with Crippen molar-refractivity contribution < 1.29 is 18.3 Å². The van der Waals surface area contributed by atoms with Crippen LogP contribution in [0.2, 0.25) is 0 Å². The summed E-state index contributed by atoms with van der Waals surface area (Å²) >= 11 is 0.871. The summed E-state index contributed by atoms with van der Waals surface area (Å²) in [5.74, 6) is -3.58. The fourth-order valence-corrected chi connectivity index (χ4v) is 1.90. The number of rotatable bonds is 3. The number of aromatic nitrogens is 1. The lowest BCUT2D eigenvalue weighted by Crippen LogP contribution is -2.13. The number of methoxy groups -OCH3 is 1. The van der Waals surface area contributed by atoms with E-state index in [2.05, 4.69) is 9.72 Å². The van der Waals surface area contributed by atoms with E-state index in [1.54, 1.807) is 0 Å². The summed E-state index contributed by atoms with van der Waals surface area (Å²) in [5.41, 5.74) is 5.35. The molecule has 0 unspecified atom stereocenters. The predicted octanol–water partition coefficient (Wildman–Crippen LogP) is 1.71. The van der Waals surface area contributed by atoms with Gasteiger partial charge in [0.1, 0.15) is 10.0 Å². The van der Waals surface area contributed by atoms with Gasteiger partial charge in [-0.1, -0.05) is 0 Å². The van der Waals surface area contributed by atoms with Crippen molar-refractivity contribution in [2.24, 2.45) is 0 Å². The van der Waals surface area contributed by atoms with E-state index < -0.39 is 18.3 Å². The third kappa shape index (κ3) is 3.12. The van der Waals surface area contributed by atoms with E-state index in [4.69, 9.17) is 5.73 Å². The lowest BCUT2D eigenvalue weighted by atomic mass is 10.3. The zero-order chi connectivity index (χ0) is 11.6. The van der Waals surface area contributed by atoms with Crippen molar-refractivity contribution in [3.8, 4) is 0 Å². The van der Waals surface area contributed by atoms with Crippen LogP contribution in [-0.4, -0.2) is 24.0 Å². The highest BCUT2D eigenvalue weighted by Crippen LogP contribution is 2.27. The van der Waals surface area contributed by atoms with Crippen LogP contribution in [0.4, 0.5) is 13.8 Å². The van der Waals surface area contributed by atoms with Crippen LogP contribution in [0.25, 0.3) is 0 Å². The Morgan fingerprint density at radius 1 is 1.67 bits per heavy atom. The first-order valence-electron chi connectivity index (χ1n) is 4.05. The van der Waals surface area contributed by atoms with Gasteiger partial charge in [0, 0.05) is 0 Å². The average Bonchev–Trinajstić information content (AvgIpc) is 2.42. The highest BCUT2D eigenvalue weighted by Gasteiger charge is 2.26. The molecule has 0 fully saturated rings. The standard InChI is InChI=1S/C8H10F2N2O2S/c1-8(9,10)3-4-12-5(6(11)15-4)7(13)14-2/h3,11H2,1-2H3. The van der Waals surface area contributed by atoms with Crippen molar-refractivity contribution in [1.82, 2.24) is 4.98 Å². The van der Waals surface area contributed by atoms with Gasteiger partial charge in [0.15, 0.2) is 5.69 Å². The van der Waals surface area contributed by atoms with Crippen LogP contribution in [0.3, 0.4) is 0 Å². The fourth-order valence-electron chi connectivity index (χ4n) is 0.962. The van der Waals surface area contributed by atoms with Crippen molar-refractivity contribution in [3.63, 3.8) is 0 Å². The maximum absolute atomic E-state index is 12.6. The molecule has 1 aromatic rings. The molecule has 15 heavy (non-hydrogen) atoms. The largest absolute Gasteiger partial charge is 0.464 e. The van der Waals surface area contributed by atoms with E-state index in [-0.39, 0.29) is 15.7 Å². The minimum absolute atomic E-state index is 0.0956. The Bertz CT molecular complexity index is 373. The first kappa shape index (κ1) is 11.8. The minimum Gasteiger partial charge on any atom is -0.464 e. The lowest BCUT2D eigenvalue weighted by Gasteiger charge is -2.05. The summed E-state index contributed by atoms with van der Waals surface area (Å²) in [6.07, 6.45) is -0.529. The van der Waals surface area contributed by atoms with Crippen LogP contribution >= 0.6 is 11.3 Å². The number of esters is 1. The average molecular weight is 236 g/mol. The summed E-state index contributed by atoms with van der Waals surface area (Å²) in [6.45, 7) is 0.780. The topological polar surface area (TPSA) is 65.2 Å². The zero-order valence-electron chi connectivity index (χ0n) is 8.21. The molecule has 1 rings (SSSR count). The molecule has 0 aromatic carbocycles. The number of nitrogens with two attached hydrogens (primary N) is 1. The van der Waals surface area contributed by atoms with Crippen LogP contribution in [-0.2, 0) is 11.2 Å². The minimum atomic E-state index is -2.86. The van der Waals surface area contributed by atoms with Gasteiger partial charge in [0.25, 0.3) is 5.92 Å². The Labute approximate surface area is 89.1 Å². The first-order chi connectivity index (χ1) is 6.83. The first-order valence-corrected chi connectivity index (χ1v) is 4.86. The van der Waals surface area contributed by atoms with Crippen molar-refractivity contribution >= 4 is 22.3 Å². The number of carbonyl (C=O) groups excluding carboxylic acids is 1. The van der Waals surface area contributed by atoms with Crippen LogP contribution in [0, 0.1) is 0 Å². The van der Waals surface area contributed by atoms with Crippen LogP contribution in [0.1, 0.15) is 22.4 Å². The molecule has 0 saturated carbocycles. The number of alkyl halides is 2. The number of nitrogens with zero attached hydrogens (tertiary/aromatic N) is 1. The van der Waals surface area contributed by atoms with Crippen molar-refractivity contribution in [2.45, 2.75) is 19.3 Å². The molecule has 0 aliphatic heterocycles. The SMILES string of the molecule is COC(=O)c1nc(CC(C)(F)F)sc1N. The third-order valence-corrected chi connectivity index (χ3v) is 2.42. The summed E-state index contributed by atoms with van der Waals surface area (Å²) < 4.78 is 29.7.